The Hall–Kier alpha value is -0.990. The number of carbonyl (C=O) groups excluding carboxylic acids is 1. The van der Waals surface area contributed by atoms with Gasteiger partial charge in [-0.15, -0.1) is 6.58 Å². The summed E-state index contributed by atoms with van der Waals surface area (Å²) < 4.78 is 10.5. The van der Waals surface area contributed by atoms with Gasteiger partial charge in [0.2, 0.25) is 5.91 Å². The second-order valence-electron chi connectivity index (χ2n) is 4.05. The highest BCUT2D eigenvalue weighted by Gasteiger charge is 2.45. The molecular formula is C11H19NO6. The summed E-state index contributed by atoms with van der Waals surface area (Å²) in [6.07, 6.45) is -3.01. The van der Waals surface area contributed by atoms with Crippen molar-refractivity contribution in [2.75, 3.05) is 13.2 Å². The van der Waals surface area contributed by atoms with Crippen molar-refractivity contribution in [2.24, 2.45) is 0 Å². The molecule has 18 heavy (non-hydrogen) atoms. The van der Waals surface area contributed by atoms with Crippen LogP contribution >= 0.6 is 0 Å². The van der Waals surface area contributed by atoms with Crippen molar-refractivity contribution in [3.63, 3.8) is 0 Å². The molecule has 3 unspecified atom stereocenters. The Balaban J connectivity index is 2.79. The lowest BCUT2D eigenvalue weighted by atomic mass is 9.97. The summed E-state index contributed by atoms with van der Waals surface area (Å²) in [4.78, 5) is 11.1. The summed E-state index contributed by atoms with van der Waals surface area (Å²) in [5.41, 5.74) is 0. The number of carbonyl (C=O) groups is 1. The Kier molecular flexibility index (Phi) is 5.70. The van der Waals surface area contributed by atoms with E-state index in [1.165, 1.54) is 13.0 Å². The molecule has 1 aliphatic heterocycles. The van der Waals surface area contributed by atoms with Crippen molar-refractivity contribution in [1.82, 2.24) is 5.32 Å². The summed E-state index contributed by atoms with van der Waals surface area (Å²) >= 11 is 0. The monoisotopic (exact) mass is 261 g/mol. The molecule has 1 heterocycles. The van der Waals surface area contributed by atoms with Crippen LogP contribution in [0.3, 0.4) is 0 Å². The van der Waals surface area contributed by atoms with E-state index in [2.05, 4.69) is 11.9 Å². The molecule has 1 amide bonds. The molecule has 7 nitrogen and oxygen atoms in total. The van der Waals surface area contributed by atoms with E-state index in [4.69, 9.17) is 14.6 Å². The Morgan fingerprint density at radius 3 is 2.67 bits per heavy atom. The fourth-order valence-electron chi connectivity index (χ4n) is 1.78. The maximum atomic E-state index is 11.1. The van der Waals surface area contributed by atoms with E-state index in [-0.39, 0.29) is 12.5 Å². The fraction of sp³-hybridized carbons (Fsp3) is 0.727. The largest absolute Gasteiger partial charge is 0.394 e. The van der Waals surface area contributed by atoms with Crippen LogP contribution in [0.25, 0.3) is 0 Å². The van der Waals surface area contributed by atoms with E-state index in [1.54, 1.807) is 0 Å². The van der Waals surface area contributed by atoms with Gasteiger partial charge in [0, 0.05) is 6.92 Å². The summed E-state index contributed by atoms with van der Waals surface area (Å²) in [6, 6.07) is -0.903. The molecule has 1 rings (SSSR count). The van der Waals surface area contributed by atoms with Crippen LogP contribution in [0.15, 0.2) is 12.7 Å². The minimum atomic E-state index is -1.30. The number of nitrogens with one attached hydrogen (secondary N) is 1. The van der Waals surface area contributed by atoms with Gasteiger partial charge < -0.3 is 30.1 Å². The van der Waals surface area contributed by atoms with Crippen LogP contribution in [0, 0.1) is 0 Å². The molecule has 0 aromatic carbocycles. The molecule has 0 spiro atoms. The molecule has 7 heteroatoms. The van der Waals surface area contributed by atoms with Gasteiger partial charge in [0.1, 0.15) is 24.4 Å². The van der Waals surface area contributed by atoms with Crippen molar-refractivity contribution >= 4 is 5.91 Å². The van der Waals surface area contributed by atoms with Gasteiger partial charge in [-0.05, 0) is 0 Å². The minimum Gasteiger partial charge on any atom is -0.394 e. The van der Waals surface area contributed by atoms with Crippen molar-refractivity contribution in [1.29, 1.82) is 0 Å². The van der Waals surface area contributed by atoms with Crippen LogP contribution in [0.1, 0.15) is 6.92 Å². The number of hydrogen-bond donors (Lipinski definition) is 4. The molecule has 4 N–H and O–H groups in total. The van der Waals surface area contributed by atoms with E-state index in [9.17, 15) is 15.0 Å². The quantitative estimate of drug-likeness (QED) is 0.432. The van der Waals surface area contributed by atoms with Crippen molar-refractivity contribution < 1.29 is 29.6 Å². The van der Waals surface area contributed by atoms with Gasteiger partial charge in [-0.3, -0.25) is 4.79 Å². The standard InChI is InChI=1S/C11H19NO6/c1-3-4-17-11-8(12-6(2)14)10(16)9(15)7(5-13)18-11/h3,7-11,13,15-16H,1,4-5H2,2H3,(H,12,14)/t7?,8?,9-,10?,11-/m1/s1. The number of amides is 1. The summed E-state index contributed by atoms with van der Waals surface area (Å²) in [5.74, 6) is -0.385. The molecule has 0 bridgehead atoms. The Bertz CT molecular complexity index is 297. The SMILES string of the molecule is C=CCO[C@@H]1OC(CO)[C@@H](O)C(O)C1NC(C)=O. The number of ether oxygens (including phenoxy) is 2. The van der Waals surface area contributed by atoms with Gasteiger partial charge in [0.15, 0.2) is 6.29 Å². The zero-order chi connectivity index (χ0) is 13.7. The topological polar surface area (TPSA) is 108 Å². The second kappa shape index (κ2) is 6.81. The van der Waals surface area contributed by atoms with Gasteiger partial charge in [0.05, 0.1) is 13.2 Å². The smallest absolute Gasteiger partial charge is 0.217 e. The molecular weight excluding hydrogens is 242 g/mol. The molecule has 1 saturated heterocycles. The highest BCUT2D eigenvalue weighted by Crippen LogP contribution is 2.22. The first-order valence-electron chi connectivity index (χ1n) is 5.63. The summed E-state index contributed by atoms with van der Waals surface area (Å²) in [5, 5.41) is 31.1. The number of aliphatic hydroxyl groups excluding tert-OH is 3. The second-order valence-corrected chi connectivity index (χ2v) is 4.05. The molecule has 1 fully saturated rings. The van der Waals surface area contributed by atoms with E-state index < -0.39 is 37.3 Å². The van der Waals surface area contributed by atoms with E-state index in [0.717, 1.165) is 0 Å². The van der Waals surface area contributed by atoms with Gasteiger partial charge >= 0.3 is 0 Å². The lowest BCUT2D eigenvalue weighted by Crippen LogP contribution is -2.64. The van der Waals surface area contributed by atoms with Gasteiger partial charge in [-0.1, -0.05) is 6.08 Å². The molecule has 104 valence electrons. The Labute approximate surface area is 105 Å². The molecule has 5 atom stereocenters. The third kappa shape index (κ3) is 3.50. The van der Waals surface area contributed by atoms with E-state index in [0.29, 0.717) is 0 Å². The highest BCUT2D eigenvalue weighted by molar-refractivity contribution is 5.73. The van der Waals surface area contributed by atoms with Crippen LogP contribution in [-0.2, 0) is 14.3 Å². The molecule has 0 aromatic rings. The van der Waals surface area contributed by atoms with Gasteiger partial charge in [-0.25, -0.2) is 0 Å². The van der Waals surface area contributed by atoms with Crippen LogP contribution in [-0.4, -0.2) is 65.1 Å². The van der Waals surface area contributed by atoms with Gasteiger partial charge in [0.25, 0.3) is 0 Å². The molecule has 0 aliphatic carbocycles. The predicted octanol–water partition coefficient (Wildman–Crippen LogP) is -1.87. The van der Waals surface area contributed by atoms with E-state index in [1.807, 2.05) is 0 Å². The van der Waals surface area contributed by atoms with Crippen LogP contribution in [0.4, 0.5) is 0 Å². The third-order valence-electron chi connectivity index (χ3n) is 2.63. The summed E-state index contributed by atoms with van der Waals surface area (Å²) in [7, 11) is 0. The Morgan fingerprint density at radius 1 is 1.50 bits per heavy atom. The molecule has 0 radical (unpaired) electrons. The number of hydrogen-bond acceptors (Lipinski definition) is 6. The average Bonchev–Trinajstić information content (AvgIpc) is 2.33. The average molecular weight is 261 g/mol. The summed E-state index contributed by atoms with van der Waals surface area (Å²) in [6.45, 7) is 4.45. The lowest BCUT2D eigenvalue weighted by Gasteiger charge is -2.42. The molecule has 0 aromatic heterocycles. The number of rotatable bonds is 5. The highest BCUT2D eigenvalue weighted by atomic mass is 16.7. The van der Waals surface area contributed by atoms with E-state index >= 15 is 0 Å². The normalized spacial score (nSPS) is 36.1. The Morgan fingerprint density at radius 2 is 2.17 bits per heavy atom. The minimum absolute atomic E-state index is 0.154. The first kappa shape index (κ1) is 15.1. The van der Waals surface area contributed by atoms with Crippen molar-refractivity contribution in [3.05, 3.63) is 12.7 Å². The lowest BCUT2D eigenvalue weighted by molar-refractivity contribution is -0.267. The van der Waals surface area contributed by atoms with Crippen LogP contribution in [0.5, 0.6) is 0 Å². The zero-order valence-electron chi connectivity index (χ0n) is 10.2. The van der Waals surface area contributed by atoms with Crippen LogP contribution < -0.4 is 5.32 Å². The molecule has 0 saturated carbocycles. The van der Waals surface area contributed by atoms with Crippen molar-refractivity contribution in [3.8, 4) is 0 Å². The molecule has 1 aliphatic rings. The zero-order valence-corrected chi connectivity index (χ0v) is 10.2. The fourth-order valence-corrected chi connectivity index (χ4v) is 1.78. The predicted molar refractivity (Wildman–Crippen MR) is 61.5 cm³/mol. The maximum absolute atomic E-state index is 11.1. The maximum Gasteiger partial charge on any atom is 0.217 e. The van der Waals surface area contributed by atoms with Crippen LogP contribution in [0.2, 0.25) is 0 Å². The first-order chi connectivity index (χ1) is 8.51. The first-order valence-corrected chi connectivity index (χ1v) is 5.63. The van der Waals surface area contributed by atoms with Crippen molar-refractivity contribution in [2.45, 2.75) is 37.6 Å². The third-order valence-corrected chi connectivity index (χ3v) is 2.63. The van der Waals surface area contributed by atoms with Gasteiger partial charge in [-0.2, -0.15) is 0 Å². The number of aliphatic hydroxyl groups is 3.